The number of hydrogen-bond acceptors (Lipinski definition) is 4. The van der Waals surface area contributed by atoms with E-state index in [1.54, 1.807) is 0 Å². The second kappa shape index (κ2) is 7.76. The van der Waals surface area contributed by atoms with E-state index in [0.29, 0.717) is 11.4 Å². The largest absolute Gasteiger partial charge is 0.376 e. The van der Waals surface area contributed by atoms with Crippen LogP contribution in [0.15, 0.2) is 54.6 Å². The normalized spacial score (nSPS) is 17.9. The van der Waals surface area contributed by atoms with E-state index < -0.39 is 0 Å². The van der Waals surface area contributed by atoms with Crippen LogP contribution >= 0.6 is 12.2 Å². The number of hydrogen-bond donors (Lipinski definition) is 0. The topological polar surface area (TPSA) is 35.2 Å². The highest BCUT2D eigenvalue weighted by Gasteiger charge is 2.20. The molecule has 0 amide bonds. The minimum atomic E-state index is 0.236. The van der Waals surface area contributed by atoms with Crippen molar-refractivity contribution in [2.45, 2.75) is 26.6 Å². The third-order valence-corrected chi connectivity index (χ3v) is 5.18. The fraction of sp³-hybridized carbons (Fsp3) is 0.333. The molecule has 2 heterocycles. The van der Waals surface area contributed by atoms with Gasteiger partial charge in [0.15, 0.2) is 5.82 Å². The molecule has 4 rings (SSSR count). The molecular weight excluding hydrogens is 356 g/mol. The van der Waals surface area contributed by atoms with Crippen molar-refractivity contribution in [2.75, 3.05) is 19.7 Å². The van der Waals surface area contributed by atoms with Crippen molar-refractivity contribution in [2.24, 2.45) is 0 Å². The Hall–Kier alpha value is -2.28. The van der Waals surface area contributed by atoms with E-state index in [-0.39, 0.29) is 6.10 Å². The Bertz CT molecular complexity index is 979. The molecule has 6 heteroatoms. The van der Waals surface area contributed by atoms with Crippen LogP contribution in [0.5, 0.6) is 0 Å². The van der Waals surface area contributed by atoms with Gasteiger partial charge in [-0.05, 0) is 43.8 Å². The van der Waals surface area contributed by atoms with Gasteiger partial charge in [0.1, 0.15) is 0 Å². The first kappa shape index (κ1) is 18.1. The third-order valence-electron chi connectivity index (χ3n) is 4.79. The Morgan fingerprint density at radius 1 is 1.15 bits per heavy atom. The van der Waals surface area contributed by atoms with Crippen molar-refractivity contribution >= 4 is 12.2 Å². The van der Waals surface area contributed by atoms with Crippen LogP contribution in [0.4, 0.5) is 0 Å². The van der Waals surface area contributed by atoms with Gasteiger partial charge in [-0.25, -0.2) is 4.68 Å². The van der Waals surface area contributed by atoms with E-state index in [1.165, 1.54) is 5.56 Å². The molecule has 0 aliphatic carbocycles. The summed E-state index contributed by atoms with van der Waals surface area (Å²) in [5.74, 6) is 0.868. The highest BCUT2D eigenvalue weighted by atomic mass is 32.1. The lowest BCUT2D eigenvalue weighted by atomic mass is 10.2. The molecule has 1 saturated heterocycles. The fourth-order valence-corrected chi connectivity index (χ4v) is 3.77. The highest BCUT2D eigenvalue weighted by molar-refractivity contribution is 7.71. The van der Waals surface area contributed by atoms with E-state index >= 15 is 0 Å². The summed E-state index contributed by atoms with van der Waals surface area (Å²) in [6.07, 6.45) is 0.236. The van der Waals surface area contributed by atoms with Crippen LogP contribution in [0.3, 0.4) is 0 Å². The van der Waals surface area contributed by atoms with Gasteiger partial charge in [-0.1, -0.05) is 42.5 Å². The van der Waals surface area contributed by atoms with Crippen LogP contribution < -0.4 is 0 Å². The van der Waals surface area contributed by atoms with Crippen molar-refractivity contribution in [1.82, 2.24) is 19.2 Å². The maximum absolute atomic E-state index is 5.84. The molecule has 3 aromatic rings. The molecule has 1 aliphatic heterocycles. The molecule has 1 atom stereocenters. The Morgan fingerprint density at radius 2 is 1.96 bits per heavy atom. The second-order valence-corrected chi connectivity index (χ2v) is 7.41. The molecule has 5 nitrogen and oxygen atoms in total. The molecule has 1 aromatic heterocycles. The molecule has 0 saturated carbocycles. The van der Waals surface area contributed by atoms with Crippen molar-refractivity contribution in [3.8, 4) is 17.1 Å². The zero-order chi connectivity index (χ0) is 18.8. The molecule has 1 fully saturated rings. The number of morpholine rings is 1. The molecule has 0 spiro atoms. The van der Waals surface area contributed by atoms with Crippen LogP contribution in [0.1, 0.15) is 12.5 Å². The highest BCUT2D eigenvalue weighted by Crippen LogP contribution is 2.23. The summed E-state index contributed by atoms with van der Waals surface area (Å²) < 4.78 is 10.4. The Balaban J connectivity index is 1.79. The minimum Gasteiger partial charge on any atom is -0.376 e. The zero-order valence-electron chi connectivity index (χ0n) is 15.7. The van der Waals surface area contributed by atoms with Crippen LogP contribution in [0.25, 0.3) is 17.1 Å². The standard InChI is InChI=1S/C21H24N4OS/c1-16-7-6-10-19(13-16)25-20(18-8-4-3-5-9-18)22-24(21(25)27)15-23-11-12-26-17(2)14-23/h3-10,13,17H,11-12,14-15H2,1-2H3. The van der Waals surface area contributed by atoms with E-state index in [9.17, 15) is 0 Å². The molecule has 0 N–H and O–H groups in total. The molecule has 27 heavy (non-hydrogen) atoms. The summed E-state index contributed by atoms with van der Waals surface area (Å²) >= 11 is 5.84. The maximum atomic E-state index is 5.84. The number of benzene rings is 2. The van der Waals surface area contributed by atoms with E-state index in [0.717, 1.165) is 36.8 Å². The Morgan fingerprint density at radius 3 is 2.70 bits per heavy atom. The van der Waals surface area contributed by atoms with Crippen molar-refractivity contribution in [1.29, 1.82) is 0 Å². The lowest BCUT2D eigenvalue weighted by molar-refractivity contribution is -0.0306. The number of aryl methyl sites for hydroxylation is 1. The first-order valence-corrected chi connectivity index (χ1v) is 9.69. The molecule has 140 valence electrons. The van der Waals surface area contributed by atoms with Crippen LogP contribution in [0.2, 0.25) is 0 Å². The Labute approximate surface area is 164 Å². The van der Waals surface area contributed by atoms with E-state index in [1.807, 2.05) is 22.9 Å². The average molecular weight is 381 g/mol. The van der Waals surface area contributed by atoms with Crippen molar-refractivity contribution in [3.63, 3.8) is 0 Å². The quantitative estimate of drug-likeness (QED) is 0.640. The molecule has 2 aromatic carbocycles. The zero-order valence-corrected chi connectivity index (χ0v) is 16.5. The van der Waals surface area contributed by atoms with Gasteiger partial charge in [0, 0.05) is 18.7 Å². The summed E-state index contributed by atoms with van der Waals surface area (Å²) in [5.41, 5.74) is 3.29. The number of rotatable bonds is 4. The summed E-state index contributed by atoms with van der Waals surface area (Å²) in [7, 11) is 0. The van der Waals surface area contributed by atoms with E-state index in [4.69, 9.17) is 22.1 Å². The van der Waals surface area contributed by atoms with Gasteiger partial charge in [-0.3, -0.25) is 9.47 Å². The smallest absolute Gasteiger partial charge is 0.204 e. The first-order valence-electron chi connectivity index (χ1n) is 9.28. The first-order chi connectivity index (χ1) is 13.1. The summed E-state index contributed by atoms with van der Waals surface area (Å²) in [4.78, 5) is 2.34. The molecule has 1 aliphatic rings. The molecule has 0 radical (unpaired) electrons. The van der Waals surface area contributed by atoms with Crippen LogP contribution in [-0.4, -0.2) is 45.0 Å². The van der Waals surface area contributed by atoms with Crippen LogP contribution in [-0.2, 0) is 11.4 Å². The van der Waals surface area contributed by atoms with Gasteiger partial charge in [-0.2, -0.15) is 0 Å². The van der Waals surface area contributed by atoms with Crippen LogP contribution in [0, 0.1) is 11.7 Å². The number of nitrogens with zero attached hydrogens (tertiary/aromatic N) is 4. The predicted octanol–water partition coefficient (Wildman–Crippen LogP) is 4.06. The van der Waals surface area contributed by atoms with Crippen molar-refractivity contribution < 1.29 is 4.74 Å². The van der Waals surface area contributed by atoms with Crippen molar-refractivity contribution in [3.05, 3.63) is 64.9 Å². The lowest BCUT2D eigenvalue weighted by Gasteiger charge is -2.30. The number of ether oxygens (including phenoxy) is 1. The molecular formula is C21H24N4OS. The fourth-order valence-electron chi connectivity index (χ4n) is 3.48. The van der Waals surface area contributed by atoms with Gasteiger partial charge in [0.2, 0.25) is 4.77 Å². The lowest BCUT2D eigenvalue weighted by Crippen LogP contribution is -2.42. The predicted molar refractivity (Wildman–Crippen MR) is 110 cm³/mol. The summed E-state index contributed by atoms with van der Waals surface area (Å²) in [6, 6.07) is 18.6. The van der Waals surface area contributed by atoms with Gasteiger partial charge >= 0.3 is 0 Å². The van der Waals surface area contributed by atoms with Gasteiger partial charge in [0.05, 0.1) is 25.1 Å². The Kier molecular flexibility index (Phi) is 5.20. The average Bonchev–Trinajstić information content (AvgIpc) is 2.99. The summed E-state index contributed by atoms with van der Waals surface area (Å²) in [5, 5.41) is 4.90. The maximum Gasteiger partial charge on any atom is 0.204 e. The van der Waals surface area contributed by atoms with Gasteiger partial charge in [0.25, 0.3) is 0 Å². The molecule has 1 unspecified atom stereocenters. The minimum absolute atomic E-state index is 0.236. The second-order valence-electron chi connectivity index (χ2n) is 7.05. The third kappa shape index (κ3) is 3.88. The number of aromatic nitrogens is 3. The summed E-state index contributed by atoms with van der Waals surface area (Å²) in [6.45, 7) is 7.40. The SMILES string of the molecule is Cc1cccc(-n2c(-c3ccccc3)nn(CN3CCOC(C)C3)c2=S)c1. The van der Waals surface area contributed by atoms with Gasteiger partial charge < -0.3 is 4.74 Å². The molecule has 0 bridgehead atoms. The van der Waals surface area contributed by atoms with E-state index in [2.05, 4.69) is 59.7 Å². The monoisotopic (exact) mass is 380 g/mol. The van der Waals surface area contributed by atoms with Gasteiger partial charge in [-0.15, -0.1) is 5.10 Å².